The Morgan fingerprint density at radius 1 is 1.29 bits per heavy atom. The Labute approximate surface area is 171 Å². The highest BCUT2D eigenvalue weighted by Crippen LogP contribution is 2.23. The summed E-state index contributed by atoms with van der Waals surface area (Å²) in [4.78, 5) is 23.0. The predicted molar refractivity (Wildman–Crippen MR) is 106 cm³/mol. The zero-order valence-electron chi connectivity index (χ0n) is 14.4. The van der Waals surface area contributed by atoms with Crippen molar-refractivity contribution >= 4 is 40.0 Å². The van der Waals surface area contributed by atoms with Crippen LogP contribution in [0, 0.1) is 32.2 Å². The minimum absolute atomic E-state index is 0.0727. The van der Waals surface area contributed by atoms with E-state index >= 15 is 0 Å². The number of halogens is 3. The van der Waals surface area contributed by atoms with E-state index in [2.05, 4.69) is 10.4 Å². The lowest BCUT2D eigenvalue weighted by molar-refractivity contribution is -0.384. The van der Waals surface area contributed by atoms with Gasteiger partial charge in [-0.3, -0.25) is 14.9 Å². The number of nitrogens with zero attached hydrogens (tertiary/aromatic N) is 3. The number of nitro groups is 1. The van der Waals surface area contributed by atoms with Crippen LogP contribution < -0.4 is 5.32 Å². The SMILES string of the molecule is Cc1cnn(Cc2cc(F)ccc2F)c1NC(=O)c1cc([N+](=O)[O-])ccc1I. The van der Waals surface area contributed by atoms with Gasteiger partial charge in [-0.25, -0.2) is 13.5 Å². The molecule has 0 unspecified atom stereocenters. The number of carbonyl (C=O) groups is 1. The van der Waals surface area contributed by atoms with Crippen molar-refractivity contribution < 1.29 is 18.5 Å². The molecular weight excluding hydrogens is 485 g/mol. The highest BCUT2D eigenvalue weighted by molar-refractivity contribution is 14.1. The average molecular weight is 498 g/mol. The van der Waals surface area contributed by atoms with Crippen LogP contribution in [0.1, 0.15) is 21.5 Å². The van der Waals surface area contributed by atoms with Crippen LogP contribution in [0.4, 0.5) is 20.3 Å². The lowest BCUT2D eigenvalue weighted by Gasteiger charge is -2.12. The molecule has 0 radical (unpaired) electrons. The fourth-order valence-electron chi connectivity index (χ4n) is 2.56. The maximum absolute atomic E-state index is 13.9. The molecular formula is C18H13F2IN4O3. The zero-order chi connectivity index (χ0) is 20.4. The number of nitro benzene ring substituents is 1. The summed E-state index contributed by atoms with van der Waals surface area (Å²) in [6.45, 7) is 1.60. The molecule has 144 valence electrons. The molecule has 3 aromatic rings. The molecule has 1 N–H and O–H groups in total. The Balaban J connectivity index is 1.90. The van der Waals surface area contributed by atoms with Gasteiger partial charge in [0.1, 0.15) is 17.5 Å². The second-order valence-electron chi connectivity index (χ2n) is 5.94. The molecule has 0 atom stereocenters. The number of carbonyl (C=O) groups excluding carboxylic acids is 1. The molecule has 1 aromatic heterocycles. The number of hydrogen-bond acceptors (Lipinski definition) is 4. The third-order valence-electron chi connectivity index (χ3n) is 3.99. The van der Waals surface area contributed by atoms with E-state index < -0.39 is 22.5 Å². The Morgan fingerprint density at radius 3 is 2.75 bits per heavy atom. The van der Waals surface area contributed by atoms with Crippen LogP contribution in [0.2, 0.25) is 0 Å². The number of amides is 1. The molecule has 1 heterocycles. The van der Waals surface area contributed by atoms with Crippen molar-refractivity contribution in [2.45, 2.75) is 13.5 Å². The molecule has 0 saturated carbocycles. The van der Waals surface area contributed by atoms with Crippen molar-refractivity contribution in [3.05, 3.63) is 84.6 Å². The maximum Gasteiger partial charge on any atom is 0.270 e. The van der Waals surface area contributed by atoms with Gasteiger partial charge in [0, 0.05) is 26.8 Å². The normalized spacial score (nSPS) is 10.7. The van der Waals surface area contributed by atoms with E-state index in [0.29, 0.717) is 9.13 Å². The van der Waals surface area contributed by atoms with Crippen molar-refractivity contribution in [3.63, 3.8) is 0 Å². The van der Waals surface area contributed by atoms with Gasteiger partial charge in [-0.1, -0.05) is 0 Å². The molecule has 0 fully saturated rings. The summed E-state index contributed by atoms with van der Waals surface area (Å²) in [6, 6.07) is 7.05. The fraction of sp³-hybridized carbons (Fsp3) is 0.111. The smallest absolute Gasteiger partial charge is 0.270 e. The van der Waals surface area contributed by atoms with Gasteiger partial charge in [-0.15, -0.1) is 0 Å². The summed E-state index contributed by atoms with van der Waals surface area (Å²) in [7, 11) is 0. The van der Waals surface area contributed by atoms with Gasteiger partial charge >= 0.3 is 0 Å². The molecule has 10 heteroatoms. The molecule has 0 aliphatic heterocycles. The van der Waals surface area contributed by atoms with Gasteiger partial charge in [0.2, 0.25) is 0 Å². The molecule has 0 bridgehead atoms. The van der Waals surface area contributed by atoms with Crippen molar-refractivity contribution in [1.82, 2.24) is 9.78 Å². The number of aryl methyl sites for hydroxylation is 1. The third-order valence-corrected chi connectivity index (χ3v) is 4.93. The number of nitrogens with one attached hydrogen (secondary N) is 1. The number of rotatable bonds is 5. The summed E-state index contributed by atoms with van der Waals surface area (Å²) < 4.78 is 29.2. The number of benzene rings is 2. The predicted octanol–water partition coefficient (Wildman–Crippen LogP) is 4.28. The fourth-order valence-corrected chi connectivity index (χ4v) is 3.14. The molecule has 7 nitrogen and oxygen atoms in total. The number of anilines is 1. The van der Waals surface area contributed by atoms with Gasteiger partial charge in [-0.05, 0) is 53.8 Å². The van der Waals surface area contributed by atoms with E-state index in [-0.39, 0.29) is 29.2 Å². The molecule has 0 spiro atoms. The second-order valence-corrected chi connectivity index (χ2v) is 7.11. The lowest BCUT2D eigenvalue weighted by Crippen LogP contribution is -2.18. The van der Waals surface area contributed by atoms with Crippen LogP contribution in [-0.4, -0.2) is 20.6 Å². The highest BCUT2D eigenvalue weighted by Gasteiger charge is 2.19. The maximum atomic E-state index is 13.9. The molecule has 28 heavy (non-hydrogen) atoms. The molecule has 3 rings (SSSR count). The van der Waals surface area contributed by atoms with Crippen LogP contribution in [0.3, 0.4) is 0 Å². The number of hydrogen-bond donors (Lipinski definition) is 1. The second kappa shape index (κ2) is 8.00. The van der Waals surface area contributed by atoms with Gasteiger partial charge in [0.25, 0.3) is 11.6 Å². The topological polar surface area (TPSA) is 90.1 Å². The Morgan fingerprint density at radius 2 is 2.04 bits per heavy atom. The highest BCUT2D eigenvalue weighted by atomic mass is 127. The summed E-state index contributed by atoms with van der Waals surface area (Å²) in [5, 5.41) is 17.7. The van der Waals surface area contributed by atoms with Crippen LogP contribution in [0.5, 0.6) is 0 Å². The Bertz CT molecular complexity index is 1080. The average Bonchev–Trinajstić information content (AvgIpc) is 2.98. The first-order valence-electron chi connectivity index (χ1n) is 7.98. The third kappa shape index (κ3) is 4.16. The van der Waals surface area contributed by atoms with Crippen LogP contribution in [0.15, 0.2) is 42.6 Å². The van der Waals surface area contributed by atoms with Crippen molar-refractivity contribution in [3.8, 4) is 0 Å². The van der Waals surface area contributed by atoms with E-state index in [0.717, 1.165) is 18.2 Å². The summed E-state index contributed by atoms with van der Waals surface area (Å²) in [5.74, 6) is -1.47. The first-order valence-corrected chi connectivity index (χ1v) is 9.05. The monoisotopic (exact) mass is 498 g/mol. The summed E-state index contributed by atoms with van der Waals surface area (Å²) >= 11 is 1.90. The largest absolute Gasteiger partial charge is 0.307 e. The van der Waals surface area contributed by atoms with Gasteiger partial charge in [0.15, 0.2) is 0 Å². The van der Waals surface area contributed by atoms with E-state index in [1.807, 2.05) is 22.6 Å². The first-order chi connectivity index (χ1) is 13.3. The summed E-state index contributed by atoms with van der Waals surface area (Å²) in [5.41, 5.74) is 0.589. The van der Waals surface area contributed by atoms with Crippen molar-refractivity contribution in [2.24, 2.45) is 0 Å². The van der Waals surface area contributed by atoms with E-state index in [4.69, 9.17) is 0 Å². The lowest BCUT2D eigenvalue weighted by atomic mass is 10.2. The number of aromatic nitrogens is 2. The molecule has 0 saturated heterocycles. The van der Waals surface area contributed by atoms with E-state index in [9.17, 15) is 23.7 Å². The van der Waals surface area contributed by atoms with Gasteiger partial charge in [0.05, 0.1) is 23.2 Å². The molecule has 2 aromatic carbocycles. The molecule has 0 aliphatic carbocycles. The van der Waals surface area contributed by atoms with Gasteiger partial charge in [-0.2, -0.15) is 5.10 Å². The standard InChI is InChI=1S/C18H13F2IN4O3/c1-10-8-22-24(9-11-6-12(19)2-4-15(11)20)17(10)23-18(26)14-7-13(25(27)28)3-5-16(14)21/h2-8H,9H2,1H3,(H,23,26). The van der Waals surface area contributed by atoms with Crippen molar-refractivity contribution in [1.29, 1.82) is 0 Å². The van der Waals surface area contributed by atoms with Crippen LogP contribution in [-0.2, 0) is 6.54 Å². The Kier molecular flexibility index (Phi) is 5.68. The number of non-ortho nitro benzene ring substituents is 1. The zero-order valence-corrected chi connectivity index (χ0v) is 16.6. The van der Waals surface area contributed by atoms with Crippen LogP contribution >= 0.6 is 22.6 Å². The Hall–Kier alpha value is -2.89. The van der Waals surface area contributed by atoms with Gasteiger partial charge < -0.3 is 5.32 Å². The summed E-state index contributed by atoms with van der Waals surface area (Å²) in [6.07, 6.45) is 1.48. The van der Waals surface area contributed by atoms with Crippen molar-refractivity contribution in [2.75, 3.05) is 5.32 Å². The van der Waals surface area contributed by atoms with E-state index in [1.165, 1.54) is 29.1 Å². The van der Waals surface area contributed by atoms with Crippen LogP contribution in [0.25, 0.3) is 0 Å². The van der Waals surface area contributed by atoms with E-state index in [1.54, 1.807) is 6.92 Å². The first kappa shape index (κ1) is 19.9. The minimum atomic E-state index is -0.597. The minimum Gasteiger partial charge on any atom is -0.307 e. The quantitative estimate of drug-likeness (QED) is 0.323. The molecule has 1 amide bonds. The molecule has 0 aliphatic rings.